The van der Waals surface area contributed by atoms with E-state index in [1.807, 2.05) is 43.0 Å². The molecule has 0 aliphatic carbocycles. The van der Waals surface area contributed by atoms with Crippen molar-refractivity contribution in [1.82, 2.24) is 15.5 Å². The molecule has 2 N–H and O–H groups in total. The molecule has 1 aromatic carbocycles. The van der Waals surface area contributed by atoms with Crippen molar-refractivity contribution in [3.63, 3.8) is 0 Å². The van der Waals surface area contributed by atoms with Gasteiger partial charge in [0.2, 0.25) is 0 Å². The Kier molecular flexibility index (Phi) is 8.90. The highest BCUT2D eigenvalue weighted by atomic mass is 16.2. The fraction of sp³-hybridized carbons (Fsp3) is 0.579. The Balaban J connectivity index is 2.74. The highest BCUT2D eigenvalue weighted by Gasteiger charge is 2.11. The summed E-state index contributed by atoms with van der Waals surface area (Å²) in [7, 11) is 0. The Morgan fingerprint density at radius 1 is 1.12 bits per heavy atom. The largest absolute Gasteiger partial charge is 0.357 e. The van der Waals surface area contributed by atoms with E-state index in [4.69, 9.17) is 0 Å². The van der Waals surface area contributed by atoms with Gasteiger partial charge < -0.3 is 15.5 Å². The molecule has 0 saturated carbocycles. The minimum absolute atomic E-state index is 0.0850. The number of guanidine groups is 1. The number of hydrogen-bond donors (Lipinski definition) is 2. The Morgan fingerprint density at radius 3 is 2.25 bits per heavy atom. The normalized spacial score (nSPS) is 12.6. The summed E-state index contributed by atoms with van der Waals surface area (Å²) >= 11 is 0. The van der Waals surface area contributed by atoms with Gasteiger partial charge in [0.1, 0.15) is 0 Å². The first-order chi connectivity index (χ1) is 11.5. The minimum Gasteiger partial charge on any atom is -0.357 e. The minimum atomic E-state index is 0.0850. The molecule has 5 nitrogen and oxygen atoms in total. The van der Waals surface area contributed by atoms with Gasteiger partial charge in [-0.1, -0.05) is 19.1 Å². The topological polar surface area (TPSA) is 56.7 Å². The number of hydrogen-bond acceptors (Lipinski definition) is 2. The maximum Gasteiger partial charge on any atom is 0.253 e. The zero-order valence-corrected chi connectivity index (χ0v) is 15.7. The first-order valence-electron chi connectivity index (χ1n) is 8.98. The summed E-state index contributed by atoms with van der Waals surface area (Å²) < 4.78 is 0. The molecule has 0 bridgehead atoms. The third-order valence-corrected chi connectivity index (χ3v) is 4.01. The smallest absolute Gasteiger partial charge is 0.253 e. The summed E-state index contributed by atoms with van der Waals surface area (Å²) in [5.74, 6) is 0.914. The van der Waals surface area contributed by atoms with Gasteiger partial charge in [-0.15, -0.1) is 0 Å². The van der Waals surface area contributed by atoms with Gasteiger partial charge in [-0.25, -0.2) is 4.99 Å². The average Bonchev–Trinajstić information content (AvgIpc) is 2.61. The average molecular weight is 332 g/mol. The van der Waals surface area contributed by atoms with E-state index in [1.54, 1.807) is 0 Å². The summed E-state index contributed by atoms with van der Waals surface area (Å²) in [6.07, 6.45) is 1.05. The molecule has 1 aromatic rings. The summed E-state index contributed by atoms with van der Waals surface area (Å²) in [5, 5.41) is 6.63. The molecule has 0 aliphatic heterocycles. The summed E-state index contributed by atoms with van der Waals surface area (Å²) in [4.78, 5) is 18.7. The molecule has 1 unspecified atom stereocenters. The van der Waals surface area contributed by atoms with Gasteiger partial charge in [-0.2, -0.15) is 0 Å². The molecular formula is C19H32N4O. The Hall–Kier alpha value is -2.04. The molecule has 0 radical (unpaired) electrons. The lowest BCUT2D eigenvalue weighted by molar-refractivity contribution is 0.0773. The number of carbonyl (C=O) groups is 1. The monoisotopic (exact) mass is 332 g/mol. The van der Waals surface area contributed by atoms with Crippen molar-refractivity contribution in [2.75, 3.05) is 19.6 Å². The van der Waals surface area contributed by atoms with Crippen LogP contribution in [0.2, 0.25) is 0 Å². The Bertz CT molecular complexity index is 521. The van der Waals surface area contributed by atoms with Crippen molar-refractivity contribution in [3.05, 3.63) is 35.4 Å². The molecule has 0 heterocycles. The third-order valence-electron chi connectivity index (χ3n) is 4.01. The van der Waals surface area contributed by atoms with Crippen molar-refractivity contribution in [3.8, 4) is 0 Å². The second-order valence-electron chi connectivity index (χ2n) is 5.82. The van der Waals surface area contributed by atoms with Gasteiger partial charge >= 0.3 is 0 Å². The summed E-state index contributed by atoms with van der Waals surface area (Å²) in [5.41, 5.74) is 1.82. The molecule has 0 spiro atoms. The van der Waals surface area contributed by atoms with Crippen molar-refractivity contribution in [2.45, 2.75) is 53.6 Å². The van der Waals surface area contributed by atoms with Crippen LogP contribution in [0, 0.1) is 0 Å². The number of nitrogens with zero attached hydrogens (tertiary/aromatic N) is 2. The maximum atomic E-state index is 12.3. The van der Waals surface area contributed by atoms with Crippen LogP contribution in [-0.4, -0.2) is 42.4 Å². The van der Waals surface area contributed by atoms with Crippen LogP contribution in [0.3, 0.4) is 0 Å². The van der Waals surface area contributed by atoms with E-state index in [0.29, 0.717) is 12.6 Å². The van der Waals surface area contributed by atoms with E-state index in [1.165, 1.54) is 0 Å². The van der Waals surface area contributed by atoms with Crippen LogP contribution >= 0.6 is 0 Å². The van der Waals surface area contributed by atoms with E-state index in [9.17, 15) is 4.79 Å². The van der Waals surface area contributed by atoms with Crippen LogP contribution in [-0.2, 0) is 6.54 Å². The lowest BCUT2D eigenvalue weighted by Gasteiger charge is -2.18. The number of aliphatic imine (C=N–C) groups is 1. The van der Waals surface area contributed by atoms with E-state index in [2.05, 4.69) is 36.4 Å². The molecule has 24 heavy (non-hydrogen) atoms. The van der Waals surface area contributed by atoms with Crippen LogP contribution in [0.25, 0.3) is 0 Å². The number of nitrogens with one attached hydrogen (secondary N) is 2. The van der Waals surface area contributed by atoms with E-state index in [0.717, 1.165) is 43.1 Å². The van der Waals surface area contributed by atoms with Crippen LogP contribution in [0.4, 0.5) is 0 Å². The standard InChI is InChI=1S/C19H32N4O/c1-6-15(5)22-19(20-7-2)21-14-16-10-12-17(13-11-16)18(24)23(8-3)9-4/h10-13,15H,6-9,14H2,1-5H3,(H2,20,21,22). The molecule has 1 amide bonds. The van der Waals surface area contributed by atoms with Gasteiger partial charge in [0, 0.05) is 31.2 Å². The van der Waals surface area contributed by atoms with E-state index < -0.39 is 0 Å². The molecule has 0 aromatic heterocycles. The third kappa shape index (κ3) is 6.22. The van der Waals surface area contributed by atoms with Crippen molar-refractivity contribution < 1.29 is 4.79 Å². The molecule has 1 rings (SSSR count). The van der Waals surface area contributed by atoms with Crippen LogP contribution in [0.1, 0.15) is 57.0 Å². The summed E-state index contributed by atoms with van der Waals surface area (Å²) in [6.45, 7) is 13.2. The van der Waals surface area contributed by atoms with Gasteiger partial charge in [0.25, 0.3) is 5.91 Å². The van der Waals surface area contributed by atoms with Gasteiger partial charge in [-0.05, 0) is 51.8 Å². The molecule has 0 saturated heterocycles. The molecule has 1 atom stereocenters. The summed E-state index contributed by atoms with van der Waals surface area (Å²) in [6, 6.07) is 8.12. The number of carbonyl (C=O) groups excluding carboxylic acids is 1. The highest BCUT2D eigenvalue weighted by Crippen LogP contribution is 2.09. The quantitative estimate of drug-likeness (QED) is 0.568. The van der Waals surface area contributed by atoms with Gasteiger partial charge in [-0.3, -0.25) is 4.79 Å². The molecule has 134 valence electrons. The second kappa shape index (κ2) is 10.7. The second-order valence-corrected chi connectivity index (χ2v) is 5.82. The predicted octanol–water partition coefficient (Wildman–Crippen LogP) is 3.02. The fourth-order valence-electron chi connectivity index (χ4n) is 2.27. The molecule has 0 fully saturated rings. The zero-order chi connectivity index (χ0) is 17.9. The number of amides is 1. The lowest BCUT2D eigenvalue weighted by atomic mass is 10.1. The number of rotatable bonds is 8. The SMILES string of the molecule is CCNC(=NCc1ccc(C(=O)N(CC)CC)cc1)NC(C)CC. The Morgan fingerprint density at radius 2 is 1.75 bits per heavy atom. The number of benzene rings is 1. The van der Waals surface area contributed by atoms with E-state index >= 15 is 0 Å². The van der Waals surface area contributed by atoms with Gasteiger partial charge in [0.15, 0.2) is 5.96 Å². The van der Waals surface area contributed by atoms with E-state index in [-0.39, 0.29) is 5.91 Å². The van der Waals surface area contributed by atoms with Crippen LogP contribution in [0.5, 0.6) is 0 Å². The predicted molar refractivity (Wildman–Crippen MR) is 101 cm³/mol. The van der Waals surface area contributed by atoms with Crippen molar-refractivity contribution >= 4 is 11.9 Å². The van der Waals surface area contributed by atoms with Crippen molar-refractivity contribution in [2.24, 2.45) is 4.99 Å². The van der Waals surface area contributed by atoms with Crippen molar-refractivity contribution in [1.29, 1.82) is 0 Å². The lowest BCUT2D eigenvalue weighted by Crippen LogP contribution is -2.41. The molecule has 0 aliphatic rings. The first kappa shape index (κ1) is 20.0. The Labute approximate surface area is 146 Å². The zero-order valence-electron chi connectivity index (χ0n) is 15.7. The first-order valence-corrected chi connectivity index (χ1v) is 8.98. The van der Waals surface area contributed by atoms with Crippen LogP contribution < -0.4 is 10.6 Å². The maximum absolute atomic E-state index is 12.3. The molecular weight excluding hydrogens is 300 g/mol. The fourth-order valence-corrected chi connectivity index (χ4v) is 2.27. The highest BCUT2D eigenvalue weighted by molar-refractivity contribution is 5.94. The van der Waals surface area contributed by atoms with Gasteiger partial charge in [0.05, 0.1) is 6.54 Å². The van der Waals surface area contributed by atoms with Crippen LogP contribution in [0.15, 0.2) is 29.3 Å². The molecule has 5 heteroatoms.